The second kappa shape index (κ2) is 8.95. The largest absolute Gasteiger partial charge is 0.432 e. The van der Waals surface area contributed by atoms with Crippen molar-refractivity contribution in [3.8, 4) is 17.3 Å². The predicted molar refractivity (Wildman–Crippen MR) is 122 cm³/mol. The Kier molecular flexibility index (Phi) is 6.06. The Morgan fingerprint density at radius 2 is 2.06 bits per heavy atom. The molecule has 0 bridgehead atoms. The summed E-state index contributed by atoms with van der Waals surface area (Å²) in [7, 11) is 0. The van der Waals surface area contributed by atoms with Gasteiger partial charge in [-0.3, -0.25) is 9.66 Å². The maximum Gasteiger partial charge on any atom is 0.432 e. The molecule has 8 nitrogen and oxygen atoms in total. The highest BCUT2D eigenvalue weighted by molar-refractivity contribution is 5.87. The van der Waals surface area contributed by atoms with Gasteiger partial charge in [0.25, 0.3) is 0 Å². The van der Waals surface area contributed by atoms with Gasteiger partial charge in [-0.2, -0.15) is 0 Å². The molecule has 33 heavy (non-hydrogen) atoms. The summed E-state index contributed by atoms with van der Waals surface area (Å²) in [5.41, 5.74) is 4.27. The average Bonchev–Trinajstić information content (AvgIpc) is 3.10. The summed E-state index contributed by atoms with van der Waals surface area (Å²) in [4.78, 5) is 25.4. The summed E-state index contributed by atoms with van der Waals surface area (Å²) in [6.07, 6.45) is 5.01. The molecule has 4 rings (SSSR count). The zero-order chi connectivity index (χ0) is 23.6. The second-order valence-electron chi connectivity index (χ2n) is 8.36. The van der Waals surface area contributed by atoms with Crippen LogP contribution in [0.1, 0.15) is 31.5 Å². The molecule has 0 unspecified atom stereocenters. The van der Waals surface area contributed by atoms with Crippen molar-refractivity contribution in [3.63, 3.8) is 0 Å². The number of hydrogen-bond acceptors (Lipinski definition) is 6. The molecule has 0 aliphatic carbocycles. The van der Waals surface area contributed by atoms with Crippen molar-refractivity contribution in [2.45, 2.75) is 39.2 Å². The Morgan fingerprint density at radius 3 is 2.76 bits per heavy atom. The minimum absolute atomic E-state index is 0.206. The van der Waals surface area contributed by atoms with Crippen LogP contribution in [0.15, 0.2) is 55.0 Å². The van der Waals surface area contributed by atoms with Crippen LogP contribution in [0.3, 0.4) is 0 Å². The number of fused-ring (bicyclic) bond motifs is 1. The lowest BCUT2D eigenvalue weighted by molar-refractivity contribution is 0.0715. The van der Waals surface area contributed by atoms with Gasteiger partial charge in [0.15, 0.2) is 11.6 Å². The van der Waals surface area contributed by atoms with E-state index in [9.17, 15) is 14.3 Å². The van der Waals surface area contributed by atoms with E-state index in [4.69, 9.17) is 4.74 Å². The number of hydrogen-bond donors (Lipinski definition) is 2. The van der Waals surface area contributed by atoms with Gasteiger partial charge in [-0.1, -0.05) is 6.07 Å². The van der Waals surface area contributed by atoms with Gasteiger partial charge >= 0.3 is 6.09 Å². The van der Waals surface area contributed by atoms with Gasteiger partial charge in [0, 0.05) is 17.8 Å². The Morgan fingerprint density at radius 1 is 1.24 bits per heavy atom. The number of ether oxygens (including phenoxy) is 1. The third kappa shape index (κ3) is 5.32. The van der Waals surface area contributed by atoms with Gasteiger partial charge in [-0.15, -0.1) is 0 Å². The van der Waals surface area contributed by atoms with Crippen molar-refractivity contribution in [1.29, 1.82) is 0 Å². The second-order valence-corrected chi connectivity index (χ2v) is 8.36. The molecule has 0 fully saturated rings. The van der Waals surface area contributed by atoms with Crippen LogP contribution in [0.4, 0.5) is 9.18 Å². The first-order valence-electron chi connectivity index (χ1n) is 10.5. The van der Waals surface area contributed by atoms with Crippen LogP contribution in [-0.4, -0.2) is 36.4 Å². The maximum absolute atomic E-state index is 13.9. The number of rotatable bonds is 6. The number of aliphatic hydroxyl groups is 1. The summed E-state index contributed by atoms with van der Waals surface area (Å²) in [5, 5.41) is 10.7. The molecule has 9 heteroatoms. The molecule has 4 aromatic rings. The smallest absolute Gasteiger partial charge is 0.406 e. The summed E-state index contributed by atoms with van der Waals surface area (Å²) in [5.74, 6) is 0.251. The SMILES string of the molecule is Cc1nc(-c2ccccn2)ncc1OC(=O)Nn1cc(CCC(C)(C)O)c2cc(F)ccc21. The average molecular weight is 449 g/mol. The maximum atomic E-state index is 13.9. The lowest BCUT2D eigenvalue weighted by Gasteiger charge is -2.16. The molecule has 1 amide bonds. The van der Waals surface area contributed by atoms with Crippen molar-refractivity contribution < 1.29 is 19.0 Å². The lowest BCUT2D eigenvalue weighted by atomic mass is 9.99. The van der Waals surface area contributed by atoms with Gasteiger partial charge < -0.3 is 9.84 Å². The Labute approximate surface area is 190 Å². The molecule has 0 aliphatic rings. The molecular weight excluding hydrogens is 425 g/mol. The standard InChI is InChI=1S/C24H24FN5O3/c1-15-21(13-27-22(28-15)19-6-4-5-11-26-19)33-23(31)29-30-14-16(9-10-24(2,3)32)18-12-17(25)7-8-20(18)30/h4-8,11-14,32H,9-10H2,1-3H3,(H,29,31). The van der Waals surface area contributed by atoms with Gasteiger partial charge in [-0.25, -0.2) is 24.6 Å². The molecule has 0 aliphatic heterocycles. The predicted octanol–water partition coefficient (Wildman–Crippen LogP) is 4.39. The monoisotopic (exact) mass is 449 g/mol. The molecule has 3 heterocycles. The molecule has 0 saturated heterocycles. The number of nitrogens with zero attached hydrogens (tertiary/aromatic N) is 4. The fourth-order valence-corrected chi connectivity index (χ4v) is 3.40. The van der Waals surface area contributed by atoms with Crippen molar-refractivity contribution in [2.75, 3.05) is 5.43 Å². The van der Waals surface area contributed by atoms with E-state index < -0.39 is 11.7 Å². The summed E-state index contributed by atoms with van der Waals surface area (Å²) in [6.45, 7) is 5.14. The summed E-state index contributed by atoms with van der Waals surface area (Å²) in [6, 6.07) is 9.73. The van der Waals surface area contributed by atoms with Crippen LogP contribution in [0.2, 0.25) is 0 Å². The van der Waals surface area contributed by atoms with Gasteiger partial charge in [0.1, 0.15) is 11.5 Å². The molecule has 0 radical (unpaired) electrons. The number of aromatic nitrogens is 4. The fourth-order valence-electron chi connectivity index (χ4n) is 3.40. The molecular formula is C24H24FN5O3. The number of aryl methyl sites for hydroxylation is 2. The highest BCUT2D eigenvalue weighted by atomic mass is 19.1. The van der Waals surface area contributed by atoms with Crippen molar-refractivity contribution in [3.05, 3.63) is 72.1 Å². The van der Waals surface area contributed by atoms with Crippen LogP contribution in [-0.2, 0) is 6.42 Å². The topological polar surface area (TPSA) is 102 Å². The summed E-state index contributed by atoms with van der Waals surface area (Å²) >= 11 is 0. The quantitative estimate of drug-likeness (QED) is 0.453. The number of carbonyl (C=O) groups is 1. The molecule has 0 spiro atoms. The summed E-state index contributed by atoms with van der Waals surface area (Å²) < 4.78 is 20.7. The van der Waals surface area contributed by atoms with Crippen LogP contribution < -0.4 is 10.2 Å². The first kappa shape index (κ1) is 22.3. The van der Waals surface area contributed by atoms with E-state index in [0.29, 0.717) is 41.0 Å². The van der Waals surface area contributed by atoms with Gasteiger partial charge in [-0.05, 0) is 69.5 Å². The molecule has 2 N–H and O–H groups in total. The van der Waals surface area contributed by atoms with Gasteiger partial charge in [0.05, 0.1) is 23.0 Å². The van der Waals surface area contributed by atoms with Crippen LogP contribution >= 0.6 is 0 Å². The van der Waals surface area contributed by atoms with Crippen molar-refractivity contribution in [1.82, 2.24) is 19.6 Å². The number of halogens is 1. The van der Waals surface area contributed by atoms with E-state index in [1.165, 1.54) is 23.0 Å². The normalized spacial score (nSPS) is 11.5. The van der Waals surface area contributed by atoms with E-state index in [1.54, 1.807) is 51.4 Å². The minimum Gasteiger partial charge on any atom is -0.406 e. The van der Waals surface area contributed by atoms with E-state index in [0.717, 1.165) is 5.56 Å². The zero-order valence-corrected chi connectivity index (χ0v) is 18.5. The van der Waals surface area contributed by atoms with E-state index in [-0.39, 0.29) is 11.6 Å². The number of pyridine rings is 1. The highest BCUT2D eigenvalue weighted by Crippen LogP contribution is 2.25. The Hall–Kier alpha value is -3.85. The van der Waals surface area contributed by atoms with Crippen molar-refractivity contribution in [2.24, 2.45) is 0 Å². The molecule has 1 aromatic carbocycles. The molecule has 3 aromatic heterocycles. The molecule has 0 atom stereocenters. The number of benzene rings is 1. The van der Waals surface area contributed by atoms with E-state index >= 15 is 0 Å². The van der Waals surface area contributed by atoms with Crippen LogP contribution in [0, 0.1) is 12.7 Å². The van der Waals surface area contributed by atoms with Crippen molar-refractivity contribution >= 4 is 17.0 Å². The third-order valence-corrected chi connectivity index (χ3v) is 5.10. The molecule has 0 saturated carbocycles. The molecule has 170 valence electrons. The third-order valence-electron chi connectivity index (χ3n) is 5.10. The van der Waals surface area contributed by atoms with E-state index in [1.807, 2.05) is 6.07 Å². The first-order valence-corrected chi connectivity index (χ1v) is 10.5. The minimum atomic E-state index is -0.868. The Bertz CT molecular complexity index is 1300. The number of carbonyl (C=O) groups excluding carboxylic acids is 1. The van der Waals surface area contributed by atoms with E-state index in [2.05, 4.69) is 20.4 Å². The zero-order valence-electron chi connectivity index (χ0n) is 18.5. The van der Waals surface area contributed by atoms with Crippen LogP contribution in [0.25, 0.3) is 22.4 Å². The number of nitrogens with one attached hydrogen (secondary N) is 1. The fraction of sp³-hybridized carbons (Fsp3) is 0.250. The Balaban J connectivity index is 1.53. The first-order chi connectivity index (χ1) is 15.7. The number of amides is 1. The highest BCUT2D eigenvalue weighted by Gasteiger charge is 2.18. The van der Waals surface area contributed by atoms with Gasteiger partial charge in [0.2, 0.25) is 0 Å². The lowest BCUT2D eigenvalue weighted by Crippen LogP contribution is -2.25. The van der Waals surface area contributed by atoms with Crippen LogP contribution in [0.5, 0.6) is 5.75 Å².